The molecule has 0 aliphatic rings. The number of likely N-dealkylation sites (N-methyl/N-ethyl adjacent to an activating group) is 1. The molecule has 17 heavy (non-hydrogen) atoms. The maximum Gasteiger partial charge on any atom is 0.330 e. The SMILES string of the molecule is C=CC(=O)OCC[NH+](C)C.CCCS(=O)(=O)[O-]. The smallest absolute Gasteiger partial charge is 0.330 e. The van der Waals surface area contributed by atoms with Crippen LogP contribution in [0.5, 0.6) is 0 Å². The van der Waals surface area contributed by atoms with E-state index in [9.17, 15) is 17.8 Å². The van der Waals surface area contributed by atoms with Crippen LogP contribution >= 0.6 is 0 Å². The molecule has 0 rings (SSSR count). The van der Waals surface area contributed by atoms with Gasteiger partial charge in [-0.15, -0.1) is 0 Å². The molecule has 0 aromatic heterocycles. The second-order valence-corrected chi connectivity index (χ2v) is 5.11. The highest BCUT2D eigenvalue weighted by Crippen LogP contribution is 1.83. The third-order valence-electron chi connectivity index (χ3n) is 1.47. The lowest BCUT2D eigenvalue weighted by atomic mass is 10.6. The van der Waals surface area contributed by atoms with Gasteiger partial charge in [0.15, 0.2) is 0 Å². The number of quaternary nitrogens is 1. The summed E-state index contributed by atoms with van der Waals surface area (Å²) < 4.78 is 33.8. The van der Waals surface area contributed by atoms with Crippen LogP contribution in [-0.2, 0) is 19.6 Å². The van der Waals surface area contributed by atoms with Crippen molar-refractivity contribution in [3.8, 4) is 0 Å². The second kappa shape index (κ2) is 10.2. The van der Waals surface area contributed by atoms with Crippen molar-refractivity contribution >= 4 is 16.1 Å². The number of carbonyl (C=O) groups is 1. The standard InChI is InChI=1S/C7H13NO2.C3H8O3S/c1-4-7(9)10-6-5-8(2)3;1-2-3-7(4,5)6/h4H,1,5-6H2,2-3H3;2-3H2,1H3,(H,4,5,6). The highest BCUT2D eigenvalue weighted by atomic mass is 32.2. The van der Waals surface area contributed by atoms with Gasteiger partial charge in [0.1, 0.15) is 13.2 Å². The third-order valence-corrected chi connectivity index (χ3v) is 2.38. The Morgan fingerprint density at radius 1 is 1.47 bits per heavy atom. The molecule has 0 atom stereocenters. The van der Waals surface area contributed by atoms with Gasteiger partial charge in [-0.2, -0.15) is 0 Å². The predicted molar refractivity (Wildman–Crippen MR) is 63.7 cm³/mol. The average Bonchev–Trinajstić information content (AvgIpc) is 2.16. The van der Waals surface area contributed by atoms with E-state index in [0.717, 1.165) is 6.54 Å². The van der Waals surface area contributed by atoms with E-state index in [4.69, 9.17) is 4.74 Å². The second-order valence-electron chi connectivity index (χ2n) is 3.59. The Balaban J connectivity index is 0. The lowest BCUT2D eigenvalue weighted by Crippen LogP contribution is -3.06. The van der Waals surface area contributed by atoms with Crippen LogP contribution in [0.15, 0.2) is 12.7 Å². The largest absolute Gasteiger partial charge is 0.748 e. The van der Waals surface area contributed by atoms with Crippen LogP contribution in [-0.4, -0.2) is 51.9 Å². The summed E-state index contributed by atoms with van der Waals surface area (Å²) in [4.78, 5) is 11.7. The first-order valence-electron chi connectivity index (χ1n) is 5.24. The molecule has 0 aromatic carbocycles. The van der Waals surface area contributed by atoms with Gasteiger partial charge in [-0.3, -0.25) is 0 Å². The quantitative estimate of drug-likeness (QED) is 0.371. The van der Waals surface area contributed by atoms with Crippen LogP contribution in [0.3, 0.4) is 0 Å². The Hall–Kier alpha value is -0.920. The first kappa shape index (κ1) is 18.4. The molecule has 0 fully saturated rings. The Morgan fingerprint density at radius 2 is 2.00 bits per heavy atom. The van der Waals surface area contributed by atoms with Crippen LogP contribution in [0.2, 0.25) is 0 Å². The summed E-state index contributed by atoms with van der Waals surface area (Å²) in [5.74, 6) is -0.589. The van der Waals surface area contributed by atoms with E-state index in [0.29, 0.717) is 13.0 Å². The zero-order chi connectivity index (χ0) is 13.9. The summed E-state index contributed by atoms with van der Waals surface area (Å²) in [7, 11) is 0.0793. The molecule has 0 aliphatic carbocycles. The van der Waals surface area contributed by atoms with Crippen molar-refractivity contribution in [3.05, 3.63) is 12.7 Å². The summed E-state index contributed by atoms with van der Waals surface area (Å²) in [6.07, 6.45) is 1.58. The van der Waals surface area contributed by atoms with Gasteiger partial charge < -0.3 is 14.2 Å². The number of hydrogen-bond acceptors (Lipinski definition) is 5. The minimum Gasteiger partial charge on any atom is -0.748 e. The number of rotatable bonds is 6. The van der Waals surface area contributed by atoms with Gasteiger partial charge in [0.2, 0.25) is 0 Å². The van der Waals surface area contributed by atoms with Gasteiger partial charge >= 0.3 is 5.97 Å². The minimum absolute atomic E-state index is 0.243. The summed E-state index contributed by atoms with van der Waals surface area (Å²) >= 11 is 0. The van der Waals surface area contributed by atoms with Crippen molar-refractivity contribution in [2.75, 3.05) is 33.0 Å². The number of carbonyl (C=O) groups excluding carboxylic acids is 1. The Kier molecular flexibility index (Phi) is 11.1. The van der Waals surface area contributed by atoms with Crippen molar-refractivity contribution in [2.24, 2.45) is 0 Å². The van der Waals surface area contributed by atoms with Gasteiger partial charge in [-0.25, -0.2) is 13.2 Å². The average molecular weight is 267 g/mol. The van der Waals surface area contributed by atoms with Gasteiger partial charge in [0.05, 0.1) is 24.2 Å². The molecule has 0 saturated carbocycles. The molecule has 102 valence electrons. The fourth-order valence-corrected chi connectivity index (χ4v) is 1.16. The molecule has 0 heterocycles. The van der Waals surface area contributed by atoms with Crippen molar-refractivity contribution in [1.82, 2.24) is 0 Å². The first-order valence-corrected chi connectivity index (χ1v) is 6.82. The molecule has 0 unspecified atom stereocenters. The molecule has 0 saturated heterocycles. The zero-order valence-corrected chi connectivity index (χ0v) is 11.4. The summed E-state index contributed by atoms with van der Waals surface area (Å²) in [5, 5.41) is 0. The normalized spacial score (nSPS) is 10.4. The lowest BCUT2D eigenvalue weighted by molar-refractivity contribution is -0.858. The van der Waals surface area contributed by atoms with Crippen molar-refractivity contribution in [3.63, 3.8) is 0 Å². The number of esters is 1. The van der Waals surface area contributed by atoms with Crippen LogP contribution in [0, 0.1) is 0 Å². The van der Waals surface area contributed by atoms with E-state index in [1.54, 1.807) is 6.92 Å². The van der Waals surface area contributed by atoms with Crippen molar-refractivity contribution in [2.45, 2.75) is 13.3 Å². The van der Waals surface area contributed by atoms with E-state index in [2.05, 4.69) is 6.58 Å². The van der Waals surface area contributed by atoms with Crippen LogP contribution in [0.1, 0.15) is 13.3 Å². The number of ether oxygens (including phenoxy) is 1. The lowest BCUT2D eigenvalue weighted by Gasteiger charge is -2.05. The first-order chi connectivity index (χ1) is 7.72. The maximum absolute atomic E-state index is 10.4. The fourth-order valence-electron chi connectivity index (χ4n) is 0.665. The molecule has 0 aromatic rings. The van der Waals surface area contributed by atoms with Gasteiger partial charge in [0, 0.05) is 11.8 Å². The molecule has 0 radical (unpaired) electrons. The van der Waals surface area contributed by atoms with Gasteiger partial charge in [0.25, 0.3) is 0 Å². The minimum atomic E-state index is -3.92. The summed E-state index contributed by atoms with van der Waals surface area (Å²) in [5.41, 5.74) is 0. The molecule has 0 amide bonds. The Morgan fingerprint density at radius 3 is 2.24 bits per heavy atom. The molecule has 7 heteroatoms. The predicted octanol–water partition coefficient (Wildman–Crippen LogP) is -1.20. The summed E-state index contributed by atoms with van der Waals surface area (Å²) in [6.45, 7) is 6.22. The van der Waals surface area contributed by atoms with E-state index >= 15 is 0 Å². The Bertz CT molecular complexity index is 311. The van der Waals surface area contributed by atoms with Crippen molar-refractivity contribution in [1.29, 1.82) is 0 Å². The molecular formula is C10H21NO5S. The van der Waals surface area contributed by atoms with Crippen molar-refractivity contribution < 1.29 is 27.4 Å². The number of nitrogens with one attached hydrogen (secondary N) is 1. The topological polar surface area (TPSA) is 87.9 Å². The molecule has 0 aliphatic heterocycles. The van der Waals surface area contributed by atoms with Gasteiger partial charge in [-0.05, 0) is 6.42 Å². The maximum atomic E-state index is 10.4. The molecular weight excluding hydrogens is 246 g/mol. The molecule has 0 spiro atoms. The van der Waals surface area contributed by atoms with Crippen LogP contribution < -0.4 is 4.90 Å². The monoisotopic (exact) mass is 267 g/mol. The molecule has 6 nitrogen and oxygen atoms in total. The van der Waals surface area contributed by atoms with E-state index < -0.39 is 10.1 Å². The fraction of sp³-hybridized carbons (Fsp3) is 0.700. The van der Waals surface area contributed by atoms with Crippen LogP contribution in [0.25, 0.3) is 0 Å². The highest BCUT2D eigenvalue weighted by Gasteiger charge is 1.96. The van der Waals surface area contributed by atoms with Gasteiger partial charge in [-0.1, -0.05) is 13.5 Å². The molecule has 1 N–H and O–H groups in total. The van der Waals surface area contributed by atoms with E-state index in [1.165, 1.54) is 11.0 Å². The Labute approximate surface area is 103 Å². The third kappa shape index (κ3) is 21.0. The zero-order valence-electron chi connectivity index (χ0n) is 10.6. The number of hydrogen-bond donors (Lipinski definition) is 1. The van der Waals surface area contributed by atoms with E-state index in [-0.39, 0.29) is 11.7 Å². The van der Waals surface area contributed by atoms with Crippen LogP contribution in [0.4, 0.5) is 0 Å². The molecule has 0 bridgehead atoms. The summed E-state index contributed by atoms with van der Waals surface area (Å²) in [6, 6.07) is 0. The van der Waals surface area contributed by atoms with E-state index in [1.807, 2.05) is 14.1 Å². The highest BCUT2D eigenvalue weighted by molar-refractivity contribution is 7.85.